The van der Waals surface area contributed by atoms with E-state index in [1.165, 1.54) is 12.1 Å². The number of carbonyl (C=O) groups excluding carboxylic acids is 1. The van der Waals surface area contributed by atoms with Gasteiger partial charge in [-0.1, -0.05) is 0 Å². The average molecular weight is 350 g/mol. The molecule has 2 heterocycles. The number of benzene rings is 1. The topological polar surface area (TPSA) is 50.6 Å². The maximum absolute atomic E-state index is 13.8. The Bertz CT molecular complexity index is 742. The van der Waals surface area contributed by atoms with Gasteiger partial charge in [0, 0.05) is 39.3 Å². The number of aromatic nitrogens is 2. The molecular weight excluding hydrogens is 330 g/mol. The van der Waals surface area contributed by atoms with Gasteiger partial charge in [0.15, 0.2) is 0 Å². The first-order chi connectivity index (χ1) is 12.0. The lowest BCUT2D eigenvalue weighted by Gasteiger charge is -2.36. The molecule has 1 saturated heterocycles. The third-order valence-corrected chi connectivity index (χ3v) is 4.27. The first kappa shape index (κ1) is 17.3. The number of hydrogen-bond donors (Lipinski definition) is 0. The predicted octanol–water partition coefficient (Wildman–Crippen LogP) is 1.56. The number of piperazine rings is 1. The molecule has 0 aliphatic carbocycles. The summed E-state index contributed by atoms with van der Waals surface area (Å²) in [7, 11) is 1.86. The van der Waals surface area contributed by atoms with Gasteiger partial charge in [-0.2, -0.15) is 0 Å². The quantitative estimate of drug-likeness (QED) is 0.821. The zero-order valence-corrected chi connectivity index (χ0v) is 14.0. The summed E-state index contributed by atoms with van der Waals surface area (Å²) in [6.45, 7) is 2.26. The summed E-state index contributed by atoms with van der Waals surface area (Å²) in [5.41, 5.74) is 1.25. The minimum atomic E-state index is -0.597. The molecule has 0 bridgehead atoms. The van der Waals surface area contributed by atoms with Gasteiger partial charge in [-0.25, -0.2) is 13.8 Å². The van der Waals surface area contributed by atoms with E-state index in [0.717, 1.165) is 11.8 Å². The Morgan fingerprint density at radius 2 is 2.00 bits per heavy atom. The van der Waals surface area contributed by atoms with Crippen LogP contribution in [0.25, 0.3) is 0 Å². The summed E-state index contributed by atoms with van der Waals surface area (Å²) in [4.78, 5) is 19.7. The molecule has 0 spiro atoms. The van der Waals surface area contributed by atoms with Gasteiger partial charge in [0.2, 0.25) is 5.91 Å². The summed E-state index contributed by atoms with van der Waals surface area (Å²) in [5.74, 6) is -1.28. The van der Waals surface area contributed by atoms with E-state index in [9.17, 15) is 13.6 Å². The molecule has 25 heavy (non-hydrogen) atoms. The maximum atomic E-state index is 13.8. The number of aryl methyl sites for hydroxylation is 1. The molecule has 2 aromatic rings. The van der Waals surface area contributed by atoms with Crippen molar-refractivity contribution in [2.24, 2.45) is 7.05 Å². The van der Waals surface area contributed by atoms with Gasteiger partial charge in [0.05, 0.1) is 30.5 Å². The lowest BCUT2D eigenvalue weighted by molar-refractivity contribution is -0.136. The highest BCUT2D eigenvalue weighted by molar-refractivity contribution is 5.77. The zero-order valence-electron chi connectivity index (χ0n) is 14.0. The molecule has 0 atom stereocenters. The molecule has 3 rings (SSSR count). The van der Waals surface area contributed by atoms with Crippen LogP contribution in [-0.4, -0.2) is 53.1 Å². The Morgan fingerprint density at radius 3 is 2.64 bits per heavy atom. The highest BCUT2D eigenvalue weighted by Gasteiger charge is 2.23. The molecule has 6 nitrogen and oxygen atoms in total. The van der Waals surface area contributed by atoms with E-state index in [0.29, 0.717) is 38.5 Å². The van der Waals surface area contributed by atoms with Crippen LogP contribution in [0.2, 0.25) is 0 Å². The second kappa shape index (κ2) is 7.60. The maximum Gasteiger partial charge on any atom is 0.248 e. The molecule has 1 fully saturated rings. The minimum absolute atomic E-state index is 0.00388. The Labute approximate surface area is 144 Å². The Balaban J connectivity index is 1.46. The number of rotatable bonds is 5. The van der Waals surface area contributed by atoms with E-state index < -0.39 is 11.6 Å². The molecule has 1 aliphatic rings. The van der Waals surface area contributed by atoms with Crippen LogP contribution >= 0.6 is 0 Å². The molecule has 134 valence electrons. The molecule has 8 heteroatoms. The number of amides is 1. The van der Waals surface area contributed by atoms with Crippen molar-refractivity contribution < 1.29 is 18.3 Å². The number of nitrogens with zero attached hydrogens (tertiary/aromatic N) is 4. The van der Waals surface area contributed by atoms with Gasteiger partial charge < -0.3 is 19.1 Å². The van der Waals surface area contributed by atoms with Crippen molar-refractivity contribution in [3.63, 3.8) is 0 Å². The highest BCUT2D eigenvalue weighted by Crippen LogP contribution is 2.21. The fourth-order valence-corrected chi connectivity index (χ4v) is 2.79. The third kappa shape index (κ3) is 4.14. The summed E-state index contributed by atoms with van der Waals surface area (Å²) in [6, 6.07) is 3.54. The van der Waals surface area contributed by atoms with Crippen LogP contribution in [0, 0.1) is 11.6 Å². The molecule has 0 saturated carbocycles. The lowest BCUT2D eigenvalue weighted by Crippen LogP contribution is -2.50. The normalized spacial score (nSPS) is 14.8. The molecule has 0 radical (unpaired) electrons. The highest BCUT2D eigenvalue weighted by atomic mass is 19.1. The SMILES string of the molecule is Cn1cncc1COCC(=O)N1CCN(c2ccc(F)cc2F)CC1. The molecular formula is C17H20F2N4O2. The summed E-state index contributed by atoms with van der Waals surface area (Å²) in [6.07, 6.45) is 3.37. The van der Waals surface area contributed by atoms with Crippen LogP contribution < -0.4 is 4.90 Å². The lowest BCUT2D eigenvalue weighted by atomic mass is 10.2. The van der Waals surface area contributed by atoms with Crippen LogP contribution in [0.15, 0.2) is 30.7 Å². The van der Waals surface area contributed by atoms with Crippen LogP contribution in [0.5, 0.6) is 0 Å². The van der Waals surface area contributed by atoms with E-state index in [1.54, 1.807) is 17.4 Å². The van der Waals surface area contributed by atoms with Gasteiger partial charge >= 0.3 is 0 Å². The van der Waals surface area contributed by atoms with Gasteiger partial charge in [-0.15, -0.1) is 0 Å². The minimum Gasteiger partial charge on any atom is -0.366 e. The second-order valence-electron chi connectivity index (χ2n) is 5.95. The van der Waals surface area contributed by atoms with Crippen LogP contribution in [-0.2, 0) is 23.2 Å². The summed E-state index contributed by atoms with van der Waals surface area (Å²) >= 11 is 0. The van der Waals surface area contributed by atoms with Crippen molar-refractivity contribution in [2.45, 2.75) is 6.61 Å². The summed E-state index contributed by atoms with van der Waals surface area (Å²) < 4.78 is 34.1. The van der Waals surface area contributed by atoms with E-state index >= 15 is 0 Å². The number of halogens is 2. The molecule has 1 aromatic heterocycles. The van der Waals surface area contributed by atoms with E-state index in [4.69, 9.17) is 4.74 Å². The molecule has 1 aromatic carbocycles. The van der Waals surface area contributed by atoms with E-state index in [1.807, 2.05) is 16.5 Å². The third-order valence-electron chi connectivity index (χ3n) is 4.27. The van der Waals surface area contributed by atoms with Crippen molar-refractivity contribution in [2.75, 3.05) is 37.7 Å². The largest absolute Gasteiger partial charge is 0.366 e. The number of carbonyl (C=O) groups is 1. The molecule has 0 N–H and O–H groups in total. The van der Waals surface area contributed by atoms with Crippen molar-refractivity contribution in [3.05, 3.63) is 48.1 Å². The first-order valence-corrected chi connectivity index (χ1v) is 8.05. The van der Waals surface area contributed by atoms with E-state index in [-0.39, 0.29) is 12.5 Å². The van der Waals surface area contributed by atoms with Gasteiger partial charge in [0.1, 0.15) is 18.2 Å². The number of hydrogen-bond acceptors (Lipinski definition) is 4. The average Bonchev–Trinajstić information content (AvgIpc) is 3.00. The zero-order chi connectivity index (χ0) is 17.8. The molecule has 0 unspecified atom stereocenters. The number of imidazole rings is 1. The Kier molecular flexibility index (Phi) is 5.28. The number of anilines is 1. The van der Waals surface area contributed by atoms with Crippen molar-refractivity contribution in [1.82, 2.24) is 14.5 Å². The van der Waals surface area contributed by atoms with Gasteiger partial charge in [0.25, 0.3) is 0 Å². The Hall–Kier alpha value is -2.48. The van der Waals surface area contributed by atoms with Crippen molar-refractivity contribution in [1.29, 1.82) is 0 Å². The monoisotopic (exact) mass is 350 g/mol. The van der Waals surface area contributed by atoms with Gasteiger partial charge in [-0.3, -0.25) is 4.79 Å². The predicted molar refractivity (Wildman–Crippen MR) is 88.0 cm³/mol. The number of ether oxygens (including phenoxy) is 1. The molecule has 1 amide bonds. The van der Waals surface area contributed by atoms with Crippen molar-refractivity contribution >= 4 is 11.6 Å². The first-order valence-electron chi connectivity index (χ1n) is 8.05. The standard InChI is InChI=1S/C17H20F2N4O2/c1-21-12-20-9-14(21)10-25-11-17(24)23-6-4-22(5-7-23)16-3-2-13(18)8-15(16)19/h2-3,8-9,12H,4-7,10-11H2,1H3. The van der Waals surface area contributed by atoms with E-state index in [2.05, 4.69) is 4.98 Å². The van der Waals surface area contributed by atoms with Crippen LogP contribution in [0.4, 0.5) is 14.5 Å². The van der Waals surface area contributed by atoms with Crippen molar-refractivity contribution in [3.8, 4) is 0 Å². The van der Waals surface area contributed by atoms with Crippen LogP contribution in [0.3, 0.4) is 0 Å². The van der Waals surface area contributed by atoms with Gasteiger partial charge in [-0.05, 0) is 12.1 Å². The Morgan fingerprint density at radius 1 is 1.24 bits per heavy atom. The second-order valence-corrected chi connectivity index (χ2v) is 5.95. The smallest absolute Gasteiger partial charge is 0.248 e. The van der Waals surface area contributed by atoms with Crippen LogP contribution in [0.1, 0.15) is 5.69 Å². The fraction of sp³-hybridized carbons (Fsp3) is 0.412. The molecule has 1 aliphatic heterocycles. The summed E-state index contributed by atoms with van der Waals surface area (Å²) in [5, 5.41) is 0. The fourth-order valence-electron chi connectivity index (χ4n) is 2.79.